The number of nitrogens with zero attached hydrogens (tertiary/aromatic N) is 1. The number of halogens is 1. The Morgan fingerprint density at radius 1 is 1.00 bits per heavy atom. The van der Waals surface area contributed by atoms with Crippen LogP contribution >= 0.6 is 0 Å². The summed E-state index contributed by atoms with van der Waals surface area (Å²) in [6.07, 6.45) is 3.66. The van der Waals surface area contributed by atoms with Gasteiger partial charge in [-0.05, 0) is 60.9 Å². The standard InChI is InChI=1S/C17H16FNO/c18-15-4-6-16(7-5-15)19-10-9-14-12-13(2-1-11-20)3-8-17(14)19/h3-10,12,20H,1-2,11H2. The van der Waals surface area contributed by atoms with Gasteiger partial charge in [0.15, 0.2) is 0 Å². The molecule has 0 aliphatic carbocycles. The molecule has 0 saturated carbocycles. The Balaban J connectivity index is 1.99. The molecule has 0 fully saturated rings. The van der Waals surface area contributed by atoms with E-state index < -0.39 is 0 Å². The van der Waals surface area contributed by atoms with Crippen LogP contribution in [-0.4, -0.2) is 16.3 Å². The normalized spacial score (nSPS) is 11.1. The third kappa shape index (κ3) is 2.45. The first-order chi connectivity index (χ1) is 9.78. The Labute approximate surface area is 117 Å². The molecular weight excluding hydrogens is 253 g/mol. The SMILES string of the molecule is OCCCc1ccc2c(ccn2-c2ccc(F)cc2)c1. The molecular formula is C17H16FNO. The maximum absolute atomic E-state index is 13.0. The van der Waals surface area contributed by atoms with Crippen molar-refractivity contribution >= 4 is 10.9 Å². The molecule has 102 valence electrons. The second kappa shape index (κ2) is 5.47. The van der Waals surface area contributed by atoms with Crippen molar-refractivity contribution in [2.45, 2.75) is 12.8 Å². The first-order valence-electron chi connectivity index (χ1n) is 6.75. The molecule has 20 heavy (non-hydrogen) atoms. The number of aliphatic hydroxyl groups is 1. The summed E-state index contributed by atoms with van der Waals surface area (Å²) in [5.41, 5.74) is 3.28. The molecule has 0 aliphatic heterocycles. The topological polar surface area (TPSA) is 25.2 Å². The fraction of sp³-hybridized carbons (Fsp3) is 0.176. The lowest BCUT2D eigenvalue weighted by Gasteiger charge is -2.06. The smallest absolute Gasteiger partial charge is 0.123 e. The van der Waals surface area contributed by atoms with Crippen LogP contribution in [-0.2, 0) is 6.42 Å². The number of aryl methyl sites for hydroxylation is 1. The Hall–Kier alpha value is -2.13. The maximum Gasteiger partial charge on any atom is 0.123 e. The van der Waals surface area contributed by atoms with E-state index in [-0.39, 0.29) is 12.4 Å². The van der Waals surface area contributed by atoms with Crippen LogP contribution in [0.2, 0.25) is 0 Å². The fourth-order valence-corrected chi connectivity index (χ4v) is 2.46. The molecule has 1 N–H and O–H groups in total. The number of hydrogen-bond acceptors (Lipinski definition) is 1. The molecule has 1 heterocycles. The number of benzene rings is 2. The van der Waals surface area contributed by atoms with Gasteiger partial charge in [-0.25, -0.2) is 4.39 Å². The minimum atomic E-state index is -0.225. The molecule has 0 saturated heterocycles. The lowest BCUT2D eigenvalue weighted by molar-refractivity contribution is 0.288. The van der Waals surface area contributed by atoms with Crippen LogP contribution in [0.25, 0.3) is 16.6 Å². The van der Waals surface area contributed by atoms with Crippen LogP contribution in [0.15, 0.2) is 54.7 Å². The fourth-order valence-electron chi connectivity index (χ4n) is 2.46. The molecule has 0 unspecified atom stereocenters. The van der Waals surface area contributed by atoms with Crippen molar-refractivity contribution < 1.29 is 9.50 Å². The summed E-state index contributed by atoms with van der Waals surface area (Å²) in [5, 5.41) is 10.0. The maximum atomic E-state index is 13.0. The molecule has 3 rings (SSSR count). The number of hydrogen-bond donors (Lipinski definition) is 1. The van der Waals surface area contributed by atoms with E-state index in [0.29, 0.717) is 0 Å². The van der Waals surface area contributed by atoms with E-state index in [1.54, 1.807) is 12.1 Å². The van der Waals surface area contributed by atoms with Crippen molar-refractivity contribution in [1.29, 1.82) is 0 Å². The highest BCUT2D eigenvalue weighted by Gasteiger charge is 2.04. The van der Waals surface area contributed by atoms with Crippen LogP contribution in [0, 0.1) is 5.82 Å². The summed E-state index contributed by atoms with van der Waals surface area (Å²) in [7, 11) is 0. The summed E-state index contributed by atoms with van der Waals surface area (Å²) in [6, 6.07) is 14.8. The van der Waals surface area contributed by atoms with Gasteiger partial charge in [0.25, 0.3) is 0 Å². The largest absolute Gasteiger partial charge is 0.396 e. The highest BCUT2D eigenvalue weighted by molar-refractivity contribution is 5.82. The Bertz CT molecular complexity index is 715. The van der Waals surface area contributed by atoms with E-state index in [4.69, 9.17) is 5.11 Å². The average molecular weight is 269 g/mol. The minimum Gasteiger partial charge on any atom is -0.396 e. The molecule has 0 spiro atoms. The summed E-state index contributed by atoms with van der Waals surface area (Å²) < 4.78 is 15.0. The zero-order valence-corrected chi connectivity index (χ0v) is 11.1. The monoisotopic (exact) mass is 269 g/mol. The highest BCUT2D eigenvalue weighted by atomic mass is 19.1. The number of rotatable bonds is 4. The Kier molecular flexibility index (Phi) is 3.52. The molecule has 0 aliphatic rings. The average Bonchev–Trinajstić information content (AvgIpc) is 2.89. The van der Waals surface area contributed by atoms with Gasteiger partial charge in [-0.3, -0.25) is 0 Å². The van der Waals surface area contributed by atoms with Crippen molar-refractivity contribution in [2.24, 2.45) is 0 Å². The second-order valence-electron chi connectivity index (χ2n) is 4.88. The van der Waals surface area contributed by atoms with E-state index in [2.05, 4.69) is 24.3 Å². The summed E-state index contributed by atoms with van der Waals surface area (Å²) >= 11 is 0. The third-order valence-corrected chi connectivity index (χ3v) is 3.48. The van der Waals surface area contributed by atoms with Gasteiger partial charge in [0.2, 0.25) is 0 Å². The van der Waals surface area contributed by atoms with Crippen molar-refractivity contribution in [3.8, 4) is 5.69 Å². The van der Waals surface area contributed by atoms with Crippen molar-refractivity contribution in [2.75, 3.05) is 6.61 Å². The number of fused-ring (bicyclic) bond motifs is 1. The lowest BCUT2D eigenvalue weighted by Crippen LogP contribution is -1.93. The molecule has 3 aromatic rings. The Morgan fingerprint density at radius 2 is 1.80 bits per heavy atom. The van der Waals surface area contributed by atoms with Gasteiger partial charge in [-0.2, -0.15) is 0 Å². The van der Waals surface area contributed by atoms with Gasteiger partial charge >= 0.3 is 0 Å². The molecule has 0 atom stereocenters. The molecule has 0 radical (unpaired) electrons. The van der Waals surface area contributed by atoms with Gasteiger partial charge in [-0.15, -0.1) is 0 Å². The van der Waals surface area contributed by atoms with E-state index >= 15 is 0 Å². The van der Waals surface area contributed by atoms with Crippen LogP contribution in [0.4, 0.5) is 4.39 Å². The zero-order valence-electron chi connectivity index (χ0n) is 11.1. The van der Waals surface area contributed by atoms with Crippen LogP contribution < -0.4 is 0 Å². The van der Waals surface area contributed by atoms with Crippen LogP contribution in [0.5, 0.6) is 0 Å². The van der Waals surface area contributed by atoms with Gasteiger partial charge in [-0.1, -0.05) is 6.07 Å². The quantitative estimate of drug-likeness (QED) is 0.767. The minimum absolute atomic E-state index is 0.217. The number of aliphatic hydroxyl groups excluding tert-OH is 1. The second-order valence-corrected chi connectivity index (χ2v) is 4.88. The lowest BCUT2D eigenvalue weighted by atomic mass is 10.1. The van der Waals surface area contributed by atoms with E-state index in [9.17, 15) is 4.39 Å². The first kappa shape index (κ1) is 12.9. The summed E-state index contributed by atoms with van der Waals surface area (Å²) in [6.45, 7) is 0.217. The van der Waals surface area contributed by atoms with Gasteiger partial charge in [0.05, 0.1) is 5.52 Å². The summed E-state index contributed by atoms with van der Waals surface area (Å²) in [4.78, 5) is 0. The van der Waals surface area contributed by atoms with Crippen molar-refractivity contribution in [1.82, 2.24) is 4.57 Å². The molecule has 2 nitrogen and oxygen atoms in total. The molecule has 1 aromatic heterocycles. The van der Waals surface area contributed by atoms with Crippen molar-refractivity contribution in [3.05, 3.63) is 66.1 Å². The molecule has 3 heteroatoms. The molecule has 0 bridgehead atoms. The van der Waals surface area contributed by atoms with Gasteiger partial charge in [0, 0.05) is 23.9 Å². The molecule has 2 aromatic carbocycles. The van der Waals surface area contributed by atoms with Crippen molar-refractivity contribution in [3.63, 3.8) is 0 Å². The highest BCUT2D eigenvalue weighted by Crippen LogP contribution is 2.22. The van der Waals surface area contributed by atoms with E-state index in [0.717, 1.165) is 29.4 Å². The van der Waals surface area contributed by atoms with Crippen LogP contribution in [0.1, 0.15) is 12.0 Å². The third-order valence-electron chi connectivity index (χ3n) is 3.48. The van der Waals surface area contributed by atoms with Gasteiger partial charge < -0.3 is 9.67 Å². The number of aromatic nitrogens is 1. The first-order valence-corrected chi connectivity index (χ1v) is 6.75. The zero-order chi connectivity index (χ0) is 13.9. The predicted octanol–water partition coefficient (Wildman–Crippen LogP) is 3.69. The van der Waals surface area contributed by atoms with E-state index in [1.165, 1.54) is 17.7 Å². The molecule has 0 amide bonds. The van der Waals surface area contributed by atoms with E-state index in [1.807, 2.05) is 10.8 Å². The van der Waals surface area contributed by atoms with Crippen LogP contribution in [0.3, 0.4) is 0 Å². The summed E-state index contributed by atoms with van der Waals surface area (Å²) in [5.74, 6) is -0.225. The van der Waals surface area contributed by atoms with Gasteiger partial charge in [0.1, 0.15) is 5.82 Å². The Morgan fingerprint density at radius 3 is 2.55 bits per heavy atom. The predicted molar refractivity (Wildman–Crippen MR) is 78.6 cm³/mol.